The van der Waals surface area contributed by atoms with E-state index in [1.54, 1.807) is 36.1 Å². The highest BCUT2D eigenvalue weighted by atomic mass is 16.6. The molecule has 8 heteroatoms. The van der Waals surface area contributed by atoms with Crippen molar-refractivity contribution < 1.29 is 14.5 Å². The zero-order valence-corrected chi connectivity index (χ0v) is 15.6. The number of hydrogen-bond donors (Lipinski definition) is 1. The van der Waals surface area contributed by atoms with Crippen LogP contribution in [0.1, 0.15) is 17.3 Å². The van der Waals surface area contributed by atoms with Gasteiger partial charge in [0.15, 0.2) is 0 Å². The molecule has 8 nitrogen and oxygen atoms in total. The van der Waals surface area contributed by atoms with Gasteiger partial charge in [-0.3, -0.25) is 24.6 Å². The second-order valence-electron chi connectivity index (χ2n) is 6.63. The van der Waals surface area contributed by atoms with Crippen LogP contribution in [0.3, 0.4) is 0 Å². The number of rotatable bonds is 5. The van der Waals surface area contributed by atoms with E-state index in [9.17, 15) is 19.7 Å². The average molecular weight is 382 g/mol. The lowest BCUT2D eigenvalue weighted by Gasteiger charge is -2.37. The Bertz CT molecular complexity index is 864. The summed E-state index contributed by atoms with van der Waals surface area (Å²) in [4.78, 5) is 39.4. The molecule has 1 aliphatic heterocycles. The van der Waals surface area contributed by atoms with Gasteiger partial charge >= 0.3 is 0 Å². The second-order valence-corrected chi connectivity index (χ2v) is 6.63. The Hall–Kier alpha value is -3.26. The third kappa shape index (κ3) is 4.34. The van der Waals surface area contributed by atoms with Gasteiger partial charge in [0, 0.05) is 37.8 Å². The van der Waals surface area contributed by atoms with Crippen molar-refractivity contribution >= 4 is 23.2 Å². The number of carbonyl (C=O) groups excluding carboxylic acids is 2. The molecule has 2 aromatic rings. The summed E-state index contributed by atoms with van der Waals surface area (Å²) in [5.41, 5.74) is 0.696. The Kier molecular flexibility index (Phi) is 6.00. The minimum absolute atomic E-state index is 0.0164. The lowest BCUT2D eigenvalue weighted by atomic mass is 10.1. The fraction of sp³-hybridized carbons (Fsp3) is 0.300. The van der Waals surface area contributed by atoms with Crippen LogP contribution in [0.5, 0.6) is 0 Å². The van der Waals surface area contributed by atoms with Gasteiger partial charge in [0.2, 0.25) is 5.91 Å². The first kappa shape index (κ1) is 19.5. The maximum atomic E-state index is 12.6. The van der Waals surface area contributed by atoms with Crippen LogP contribution >= 0.6 is 0 Å². The van der Waals surface area contributed by atoms with Crippen molar-refractivity contribution in [3.05, 3.63) is 70.3 Å². The molecule has 1 saturated heterocycles. The van der Waals surface area contributed by atoms with Crippen LogP contribution in [0.15, 0.2) is 54.6 Å². The first-order valence-electron chi connectivity index (χ1n) is 9.10. The van der Waals surface area contributed by atoms with Crippen molar-refractivity contribution in [2.45, 2.75) is 13.0 Å². The fourth-order valence-electron chi connectivity index (χ4n) is 3.22. The predicted molar refractivity (Wildman–Crippen MR) is 105 cm³/mol. The number of hydrogen-bond acceptors (Lipinski definition) is 5. The Labute approximate surface area is 162 Å². The van der Waals surface area contributed by atoms with Gasteiger partial charge in [-0.25, -0.2) is 0 Å². The molecular weight excluding hydrogens is 360 g/mol. The Balaban J connectivity index is 1.58. The van der Waals surface area contributed by atoms with Crippen molar-refractivity contribution in [1.29, 1.82) is 0 Å². The average Bonchev–Trinajstić information content (AvgIpc) is 2.73. The van der Waals surface area contributed by atoms with Gasteiger partial charge < -0.3 is 10.2 Å². The Morgan fingerprint density at radius 1 is 1.00 bits per heavy atom. The number of amides is 2. The molecule has 1 heterocycles. The van der Waals surface area contributed by atoms with Crippen LogP contribution in [0, 0.1) is 10.1 Å². The summed E-state index contributed by atoms with van der Waals surface area (Å²) in [6.07, 6.45) is 0. The summed E-state index contributed by atoms with van der Waals surface area (Å²) in [5, 5.41) is 13.7. The van der Waals surface area contributed by atoms with E-state index in [4.69, 9.17) is 0 Å². The number of anilines is 1. The summed E-state index contributed by atoms with van der Waals surface area (Å²) < 4.78 is 0. The molecule has 1 fully saturated rings. The predicted octanol–water partition coefficient (Wildman–Crippen LogP) is 2.38. The Morgan fingerprint density at radius 2 is 1.61 bits per heavy atom. The highest BCUT2D eigenvalue weighted by Crippen LogP contribution is 2.23. The van der Waals surface area contributed by atoms with Crippen molar-refractivity contribution in [1.82, 2.24) is 9.80 Å². The highest BCUT2D eigenvalue weighted by molar-refractivity contribution is 5.96. The van der Waals surface area contributed by atoms with Gasteiger partial charge in [-0.1, -0.05) is 30.3 Å². The summed E-state index contributed by atoms with van der Waals surface area (Å²) in [6, 6.07) is 14.7. The lowest BCUT2D eigenvalue weighted by molar-refractivity contribution is -0.383. The molecule has 2 amide bonds. The molecule has 0 spiro atoms. The standard InChI is InChI=1S/C20H22N4O4/c1-15(19(25)21-17-9-5-6-10-18(17)24(27)28)22-11-13-23(14-12-22)20(26)16-7-3-2-4-8-16/h2-10,15H,11-14H2,1H3,(H,21,25)/t15-/m1/s1. The molecule has 3 rings (SSSR count). The maximum Gasteiger partial charge on any atom is 0.292 e. The number of nitro benzene ring substituents is 1. The minimum atomic E-state index is -0.520. The van der Waals surface area contributed by atoms with Crippen LogP contribution < -0.4 is 5.32 Å². The molecular formula is C20H22N4O4. The van der Waals surface area contributed by atoms with E-state index in [0.717, 1.165) is 0 Å². The van der Waals surface area contributed by atoms with Gasteiger partial charge in [-0.15, -0.1) is 0 Å². The second kappa shape index (κ2) is 8.62. The van der Waals surface area contributed by atoms with Crippen molar-refractivity contribution in [2.24, 2.45) is 0 Å². The van der Waals surface area contributed by atoms with Gasteiger partial charge in [0.1, 0.15) is 5.69 Å². The van der Waals surface area contributed by atoms with Crippen molar-refractivity contribution in [3.63, 3.8) is 0 Å². The molecule has 28 heavy (non-hydrogen) atoms. The summed E-state index contributed by atoms with van der Waals surface area (Å²) in [5.74, 6) is -0.325. The zero-order valence-electron chi connectivity index (χ0n) is 15.6. The van der Waals surface area contributed by atoms with Crippen LogP contribution in [0.2, 0.25) is 0 Å². The van der Waals surface area contributed by atoms with Gasteiger partial charge in [-0.05, 0) is 25.1 Å². The van der Waals surface area contributed by atoms with Gasteiger partial charge in [0.25, 0.3) is 11.6 Å². The number of nitrogens with zero attached hydrogens (tertiary/aromatic N) is 3. The van der Waals surface area contributed by atoms with E-state index in [-0.39, 0.29) is 23.2 Å². The van der Waals surface area contributed by atoms with E-state index in [2.05, 4.69) is 5.32 Å². The number of nitrogens with one attached hydrogen (secondary N) is 1. The monoisotopic (exact) mass is 382 g/mol. The van der Waals surface area contributed by atoms with Crippen LogP contribution in [-0.2, 0) is 4.79 Å². The van der Waals surface area contributed by atoms with E-state index in [1.807, 2.05) is 23.1 Å². The Morgan fingerprint density at radius 3 is 2.25 bits per heavy atom. The van der Waals surface area contributed by atoms with Gasteiger partial charge in [-0.2, -0.15) is 0 Å². The molecule has 1 atom stereocenters. The van der Waals surface area contributed by atoms with Gasteiger partial charge in [0.05, 0.1) is 11.0 Å². The highest BCUT2D eigenvalue weighted by Gasteiger charge is 2.28. The smallest absolute Gasteiger partial charge is 0.292 e. The van der Waals surface area contributed by atoms with E-state index < -0.39 is 11.0 Å². The summed E-state index contributed by atoms with van der Waals surface area (Å²) in [7, 11) is 0. The number of nitro groups is 1. The first-order chi connectivity index (χ1) is 13.5. The quantitative estimate of drug-likeness (QED) is 0.633. The molecule has 0 saturated carbocycles. The SMILES string of the molecule is C[C@H](C(=O)Nc1ccccc1[N+](=O)[O-])N1CCN(C(=O)c2ccccc2)CC1. The molecule has 0 radical (unpaired) electrons. The first-order valence-corrected chi connectivity index (χ1v) is 9.10. The maximum absolute atomic E-state index is 12.6. The summed E-state index contributed by atoms with van der Waals surface area (Å²) in [6.45, 7) is 3.93. The van der Waals surface area contributed by atoms with E-state index in [1.165, 1.54) is 12.1 Å². The third-order valence-electron chi connectivity index (χ3n) is 4.91. The lowest BCUT2D eigenvalue weighted by Crippen LogP contribution is -2.54. The molecule has 1 N–H and O–H groups in total. The number of piperazine rings is 1. The van der Waals surface area contributed by atoms with Crippen molar-refractivity contribution in [2.75, 3.05) is 31.5 Å². The number of para-hydroxylation sites is 2. The molecule has 2 aromatic carbocycles. The minimum Gasteiger partial charge on any atom is -0.336 e. The van der Waals surface area contributed by atoms with Crippen LogP contribution in [0.4, 0.5) is 11.4 Å². The molecule has 0 aromatic heterocycles. The number of carbonyl (C=O) groups is 2. The molecule has 146 valence electrons. The van der Waals surface area contributed by atoms with Crippen LogP contribution in [-0.4, -0.2) is 58.8 Å². The fourth-order valence-corrected chi connectivity index (χ4v) is 3.22. The molecule has 0 unspecified atom stereocenters. The largest absolute Gasteiger partial charge is 0.336 e. The van der Waals surface area contributed by atoms with E-state index >= 15 is 0 Å². The molecule has 0 bridgehead atoms. The molecule has 0 aliphatic carbocycles. The third-order valence-corrected chi connectivity index (χ3v) is 4.91. The normalized spacial score (nSPS) is 15.7. The molecule has 1 aliphatic rings. The zero-order chi connectivity index (χ0) is 20.1. The topological polar surface area (TPSA) is 95.8 Å². The van der Waals surface area contributed by atoms with E-state index in [0.29, 0.717) is 31.7 Å². The van der Waals surface area contributed by atoms with Crippen molar-refractivity contribution in [3.8, 4) is 0 Å². The summed E-state index contributed by atoms with van der Waals surface area (Å²) >= 11 is 0. The number of benzene rings is 2. The van der Waals surface area contributed by atoms with Crippen LogP contribution in [0.25, 0.3) is 0 Å².